The Balaban J connectivity index is 1.38. The second-order valence-electron chi connectivity index (χ2n) is 9.50. The van der Waals surface area contributed by atoms with Crippen LogP contribution < -0.4 is 16.0 Å². The van der Waals surface area contributed by atoms with Gasteiger partial charge in [0, 0.05) is 43.1 Å². The molecule has 2 aromatic rings. The van der Waals surface area contributed by atoms with E-state index in [4.69, 9.17) is 0 Å². The van der Waals surface area contributed by atoms with Crippen LogP contribution in [0.1, 0.15) is 47.6 Å². The molecular weight excluding hydrogens is 485 g/mol. The van der Waals surface area contributed by atoms with Crippen molar-refractivity contribution in [1.82, 2.24) is 25.0 Å². The van der Waals surface area contributed by atoms with Gasteiger partial charge in [0.2, 0.25) is 0 Å². The molecule has 0 radical (unpaired) electrons. The smallest absolute Gasteiger partial charge is 0.255 e. The minimum absolute atomic E-state index is 0.0175. The number of hydrogen-bond donors (Lipinski definition) is 3. The monoisotopic (exact) mass is 515 g/mol. The lowest BCUT2D eigenvalue weighted by atomic mass is 10.0. The molecule has 2 aromatic heterocycles. The Kier molecular flexibility index (Phi) is 6.45. The lowest BCUT2D eigenvalue weighted by molar-refractivity contribution is 0.0966. The summed E-state index contributed by atoms with van der Waals surface area (Å²) < 4.78 is 40.6. The predicted molar refractivity (Wildman–Crippen MR) is 135 cm³/mol. The fourth-order valence-electron chi connectivity index (χ4n) is 5.03. The molecule has 3 aliphatic rings. The first kappa shape index (κ1) is 24.3. The van der Waals surface area contributed by atoms with Crippen molar-refractivity contribution in [2.75, 3.05) is 35.2 Å². The second-order valence-corrected chi connectivity index (χ2v) is 11.8. The van der Waals surface area contributed by atoms with Gasteiger partial charge in [-0.2, -0.15) is 5.10 Å². The zero-order valence-electron chi connectivity index (χ0n) is 20.0. The Labute approximate surface area is 209 Å². The highest BCUT2D eigenvalue weighted by molar-refractivity contribution is 7.91. The number of fused-ring (bicyclic) bond motifs is 1. The first-order valence-electron chi connectivity index (χ1n) is 12.1. The number of nitrogens with one attached hydrogen (secondary N) is 3. The van der Waals surface area contributed by atoms with Crippen LogP contribution in [-0.2, 0) is 16.4 Å². The molecule has 5 heterocycles. The van der Waals surface area contributed by atoms with E-state index in [0.717, 1.165) is 25.1 Å². The molecule has 2 fully saturated rings. The number of carbonyl (C=O) groups excluding carboxylic acids is 1. The van der Waals surface area contributed by atoms with E-state index in [0.29, 0.717) is 25.1 Å². The number of piperidine rings is 1. The highest BCUT2D eigenvalue weighted by Crippen LogP contribution is 2.33. The maximum Gasteiger partial charge on any atom is 0.255 e. The maximum atomic E-state index is 15.4. The first-order chi connectivity index (χ1) is 17.2. The van der Waals surface area contributed by atoms with E-state index in [2.05, 4.69) is 44.1 Å². The van der Waals surface area contributed by atoms with Gasteiger partial charge in [0.25, 0.3) is 5.91 Å². The summed E-state index contributed by atoms with van der Waals surface area (Å²) in [5.74, 6) is -0.302. The topological polar surface area (TPSA) is 121 Å². The minimum Gasteiger partial charge on any atom is -0.370 e. The summed E-state index contributed by atoms with van der Waals surface area (Å²) in [7, 11) is -2.98. The molecule has 1 unspecified atom stereocenters. The van der Waals surface area contributed by atoms with Crippen molar-refractivity contribution >= 4 is 33.1 Å². The van der Waals surface area contributed by atoms with Crippen molar-refractivity contribution in [3.05, 3.63) is 54.3 Å². The molecule has 0 spiro atoms. The number of likely N-dealkylation sites (tertiary alicyclic amines) is 1. The Morgan fingerprint density at radius 2 is 2.03 bits per heavy atom. The average Bonchev–Trinajstić information content (AvgIpc) is 3.48. The van der Waals surface area contributed by atoms with Gasteiger partial charge in [-0.1, -0.05) is 13.2 Å². The van der Waals surface area contributed by atoms with Crippen LogP contribution >= 0.6 is 0 Å². The molecule has 2 saturated heterocycles. The predicted octanol–water partition coefficient (Wildman–Crippen LogP) is 2.73. The van der Waals surface area contributed by atoms with Gasteiger partial charge in [-0.25, -0.2) is 17.8 Å². The van der Waals surface area contributed by atoms with E-state index >= 15 is 4.39 Å². The van der Waals surface area contributed by atoms with Crippen molar-refractivity contribution in [1.29, 1.82) is 0 Å². The lowest BCUT2D eigenvalue weighted by Crippen LogP contribution is -2.41. The summed E-state index contributed by atoms with van der Waals surface area (Å²) in [5.41, 5.74) is 1.86. The molecule has 3 aliphatic heterocycles. The van der Waals surface area contributed by atoms with Gasteiger partial charge in [0.15, 0.2) is 11.6 Å². The van der Waals surface area contributed by atoms with E-state index in [1.165, 1.54) is 0 Å². The van der Waals surface area contributed by atoms with Crippen LogP contribution in [0.5, 0.6) is 0 Å². The molecule has 0 bridgehead atoms. The van der Waals surface area contributed by atoms with Crippen LogP contribution in [0.3, 0.4) is 0 Å². The standard InChI is InChI=1S/C24H30FN7O3S/c1-3-15(2)31-8-4-5-16(13-31)28-23-21(25)19-12-26-24(33)20(19)22(30-23)29-17-11-27-32(14-17)18-6-9-36(34,35)10-7-18/h3,11,14,16,18H,1-2,4-10,12-13H2,(H,26,33)(H2,28,29,30). The number of anilines is 3. The van der Waals surface area contributed by atoms with Crippen molar-refractivity contribution in [3.8, 4) is 0 Å². The third-order valence-corrected chi connectivity index (χ3v) is 8.77. The Bertz CT molecular complexity index is 1310. The molecule has 36 heavy (non-hydrogen) atoms. The minimum atomic E-state index is -2.98. The molecule has 12 heteroatoms. The molecule has 0 aliphatic carbocycles. The van der Waals surface area contributed by atoms with Gasteiger partial charge < -0.3 is 20.9 Å². The Hall–Kier alpha value is -3.41. The van der Waals surface area contributed by atoms with Crippen molar-refractivity contribution in [2.45, 2.75) is 44.3 Å². The summed E-state index contributed by atoms with van der Waals surface area (Å²) in [6.07, 6.45) is 7.84. The van der Waals surface area contributed by atoms with Gasteiger partial charge in [0.1, 0.15) is 15.7 Å². The Morgan fingerprint density at radius 1 is 1.25 bits per heavy atom. The summed E-state index contributed by atoms with van der Waals surface area (Å²) in [4.78, 5) is 19.1. The van der Waals surface area contributed by atoms with Crippen molar-refractivity contribution in [3.63, 3.8) is 0 Å². The van der Waals surface area contributed by atoms with E-state index in [9.17, 15) is 13.2 Å². The average molecular weight is 516 g/mol. The number of allylic oxidation sites excluding steroid dienone is 1. The second kappa shape index (κ2) is 9.57. The summed E-state index contributed by atoms with van der Waals surface area (Å²) in [6, 6.07) is -0.0604. The molecule has 0 aromatic carbocycles. The summed E-state index contributed by atoms with van der Waals surface area (Å²) in [6.45, 7) is 9.39. The van der Waals surface area contributed by atoms with Crippen LogP contribution in [0.15, 0.2) is 37.3 Å². The normalized spacial score (nSPS) is 21.5. The summed E-state index contributed by atoms with van der Waals surface area (Å²) in [5, 5.41) is 13.4. The quantitative estimate of drug-likeness (QED) is 0.482. The molecule has 1 amide bonds. The van der Waals surface area contributed by atoms with Crippen molar-refractivity contribution < 1.29 is 17.6 Å². The number of halogens is 1. The number of hydrogen-bond acceptors (Lipinski definition) is 8. The van der Waals surface area contributed by atoms with Gasteiger partial charge in [-0.15, -0.1) is 0 Å². The SMILES string of the molecule is C=CC(=C)N1CCCC(Nc2nc(Nc3cnn(C4CCS(=O)(=O)CC4)c3)c3c(c2F)CNC3=O)C1. The number of rotatable bonds is 7. The highest BCUT2D eigenvalue weighted by Gasteiger charge is 2.32. The van der Waals surface area contributed by atoms with Crippen LogP contribution in [-0.4, -0.2) is 64.6 Å². The maximum absolute atomic E-state index is 15.4. The number of aromatic nitrogens is 3. The van der Waals surface area contributed by atoms with E-state index in [1.807, 2.05) is 0 Å². The van der Waals surface area contributed by atoms with Gasteiger partial charge in [-0.05, 0) is 31.8 Å². The van der Waals surface area contributed by atoms with E-state index in [1.54, 1.807) is 23.2 Å². The molecular formula is C24H30FN7O3S. The third-order valence-electron chi connectivity index (χ3n) is 7.05. The third kappa shape index (κ3) is 4.81. The zero-order chi connectivity index (χ0) is 25.4. The summed E-state index contributed by atoms with van der Waals surface area (Å²) >= 11 is 0. The zero-order valence-corrected chi connectivity index (χ0v) is 20.8. The van der Waals surface area contributed by atoms with Crippen molar-refractivity contribution in [2.24, 2.45) is 0 Å². The van der Waals surface area contributed by atoms with Gasteiger partial charge in [-0.3, -0.25) is 9.48 Å². The van der Waals surface area contributed by atoms with Crippen LogP contribution in [0.4, 0.5) is 21.7 Å². The van der Waals surface area contributed by atoms with Crippen LogP contribution in [0, 0.1) is 5.82 Å². The molecule has 10 nitrogen and oxygen atoms in total. The molecule has 192 valence electrons. The van der Waals surface area contributed by atoms with E-state index < -0.39 is 15.7 Å². The number of pyridine rings is 1. The van der Waals surface area contributed by atoms with E-state index in [-0.39, 0.29) is 58.8 Å². The lowest BCUT2D eigenvalue weighted by Gasteiger charge is -2.35. The molecule has 3 N–H and O–H groups in total. The number of amides is 1. The van der Waals surface area contributed by atoms with Crippen LogP contribution in [0.25, 0.3) is 0 Å². The highest BCUT2D eigenvalue weighted by atomic mass is 32.2. The number of sulfone groups is 1. The molecule has 5 rings (SSSR count). The Morgan fingerprint density at radius 3 is 2.78 bits per heavy atom. The van der Waals surface area contributed by atoms with Gasteiger partial charge in [0.05, 0.1) is 35.0 Å². The van der Waals surface area contributed by atoms with Gasteiger partial charge >= 0.3 is 0 Å². The fraction of sp³-hybridized carbons (Fsp3) is 0.458. The number of carbonyl (C=O) groups is 1. The number of nitrogens with zero attached hydrogens (tertiary/aromatic N) is 4. The molecule has 1 atom stereocenters. The largest absolute Gasteiger partial charge is 0.370 e. The van der Waals surface area contributed by atoms with Crippen LogP contribution in [0.2, 0.25) is 0 Å². The first-order valence-corrected chi connectivity index (χ1v) is 13.9. The molecule has 0 saturated carbocycles. The fourth-order valence-corrected chi connectivity index (χ4v) is 6.49.